The van der Waals surface area contributed by atoms with Crippen molar-refractivity contribution >= 4 is 63.5 Å². The van der Waals surface area contributed by atoms with Crippen LogP contribution in [0, 0.1) is 13.8 Å². The molecule has 18 heteroatoms. The standard InChI is InChI=1S/C49H44F6N12/c1-29-11-9-17-56-43(29)58-37-25-32(65-19-5-3-6-20-65)13-15-35(37)39-27-34-28-40(36-16-14-33(66-21-7-4-8-22-66)26-38(36)59-44-30(2)12-10-18-57-44)61-47-64-45(63-46(60-39)67(34)47)31-23-41(48(50,51)52)62-42(24-31)49(53,54)55/h9-18,23-28H,3-8,19-22H2,1-2H3,(H,56,58)(H,57,59). The number of amidine groups is 1. The minimum Gasteiger partial charge on any atom is -0.371 e. The number of aryl methyl sites for hydroxylation is 2. The highest BCUT2D eigenvalue weighted by molar-refractivity contribution is 6.27. The number of nitrogens with one attached hydrogen (secondary N) is 2. The van der Waals surface area contributed by atoms with Gasteiger partial charge in [-0.15, -0.1) is 0 Å². The lowest BCUT2D eigenvalue weighted by Crippen LogP contribution is -2.42. The molecule has 2 fully saturated rings. The number of hydrogen-bond acceptors (Lipinski definition) is 12. The lowest BCUT2D eigenvalue weighted by atomic mass is 10.0. The van der Waals surface area contributed by atoms with Crippen molar-refractivity contribution in [3.63, 3.8) is 0 Å². The molecule has 2 saturated heterocycles. The molecule has 0 radical (unpaired) electrons. The molecule has 0 saturated carbocycles. The molecular formula is C49H44F6N12. The summed E-state index contributed by atoms with van der Waals surface area (Å²) in [5, 5.41) is 7.04. The summed E-state index contributed by atoms with van der Waals surface area (Å²) in [5.74, 6) is 0.666. The molecule has 0 bridgehead atoms. The minimum absolute atomic E-state index is 0.0616. The maximum atomic E-state index is 14.2. The molecule has 2 aromatic carbocycles. The maximum Gasteiger partial charge on any atom is 0.433 e. The molecule has 2 N–H and O–H groups in total. The largest absolute Gasteiger partial charge is 0.433 e. The molecule has 0 spiro atoms. The molecule has 5 aliphatic rings. The van der Waals surface area contributed by atoms with Gasteiger partial charge in [-0.3, -0.25) is 0 Å². The summed E-state index contributed by atoms with van der Waals surface area (Å²) >= 11 is 0. The SMILES string of the molecule is Cc1cccnc1Nc1cc(N2CCCCC2)ccc1C1=CC2=CC(c3ccc(N4CCCCC4)cc3Nc3ncccc3C)=NC3=NC(c4cc(C(F)(F)F)nc(C(F)(F)F)c4)=NC(=N1)N23. The van der Waals surface area contributed by atoms with Gasteiger partial charge < -0.3 is 20.4 Å². The Morgan fingerprint density at radius 3 is 1.61 bits per heavy atom. The average Bonchev–Trinajstić information content (AvgIpc) is 3.32. The first-order valence-corrected chi connectivity index (χ1v) is 22.2. The number of anilines is 6. The molecular weight excluding hydrogens is 871 g/mol. The molecule has 5 aliphatic heterocycles. The number of allylic oxidation sites excluding steroid dienone is 2. The van der Waals surface area contributed by atoms with Gasteiger partial charge in [0.25, 0.3) is 0 Å². The first kappa shape index (κ1) is 43.5. The topological polar surface area (TPSA) is 122 Å². The molecule has 342 valence electrons. The van der Waals surface area contributed by atoms with Gasteiger partial charge in [0.15, 0.2) is 5.84 Å². The van der Waals surface area contributed by atoms with Crippen LogP contribution >= 0.6 is 0 Å². The lowest BCUT2D eigenvalue weighted by Gasteiger charge is -2.34. The van der Waals surface area contributed by atoms with E-state index in [1.807, 2.05) is 86.7 Å². The molecule has 3 aromatic heterocycles. The summed E-state index contributed by atoms with van der Waals surface area (Å²) in [5.41, 5.74) is 3.72. The van der Waals surface area contributed by atoms with Gasteiger partial charge in [-0.2, -0.15) is 36.3 Å². The molecule has 67 heavy (non-hydrogen) atoms. The number of hydrogen-bond donors (Lipinski definition) is 2. The zero-order valence-corrected chi connectivity index (χ0v) is 36.5. The number of nitrogens with zero attached hydrogens (tertiary/aromatic N) is 10. The Morgan fingerprint density at radius 2 is 1.07 bits per heavy atom. The van der Waals surface area contributed by atoms with Crippen molar-refractivity contribution in [3.05, 3.63) is 142 Å². The Hall–Kier alpha value is -7.37. The van der Waals surface area contributed by atoms with E-state index in [-0.39, 0.29) is 11.9 Å². The predicted molar refractivity (Wildman–Crippen MR) is 250 cm³/mol. The van der Waals surface area contributed by atoms with Crippen LogP contribution in [-0.4, -0.2) is 69.5 Å². The highest BCUT2D eigenvalue weighted by Crippen LogP contribution is 2.40. The first-order chi connectivity index (χ1) is 32.2. The second kappa shape index (κ2) is 17.5. The number of pyridine rings is 3. The van der Waals surface area contributed by atoms with Crippen molar-refractivity contribution in [2.75, 3.05) is 46.6 Å². The number of benzene rings is 2. The summed E-state index contributed by atoms with van der Waals surface area (Å²) in [7, 11) is 0. The summed E-state index contributed by atoms with van der Waals surface area (Å²) in [6, 6.07) is 20.6. The summed E-state index contributed by atoms with van der Waals surface area (Å²) in [4.78, 5) is 37.3. The number of aliphatic imine (C=N–C) groups is 4. The van der Waals surface area contributed by atoms with E-state index < -0.39 is 35.1 Å². The normalized spacial score (nSPS) is 17.4. The molecule has 0 amide bonds. The Labute approximate surface area is 382 Å². The Bertz CT molecular complexity index is 2810. The lowest BCUT2D eigenvalue weighted by molar-refractivity contribution is -0.150. The molecule has 0 aliphatic carbocycles. The number of alkyl halides is 6. The summed E-state index contributed by atoms with van der Waals surface area (Å²) in [6.45, 7) is 7.47. The van der Waals surface area contributed by atoms with E-state index in [0.29, 0.717) is 63.4 Å². The zero-order chi connectivity index (χ0) is 46.5. The second-order valence-corrected chi connectivity index (χ2v) is 17.0. The summed E-state index contributed by atoms with van der Waals surface area (Å²) in [6.07, 6.45) is 3.21. The fourth-order valence-corrected chi connectivity index (χ4v) is 8.77. The summed E-state index contributed by atoms with van der Waals surface area (Å²) < 4.78 is 85.1. The van der Waals surface area contributed by atoms with Crippen LogP contribution in [-0.2, 0) is 12.4 Å². The third-order valence-electron chi connectivity index (χ3n) is 12.3. The first-order valence-electron chi connectivity index (χ1n) is 22.2. The van der Waals surface area contributed by atoms with Gasteiger partial charge in [0, 0.05) is 66.6 Å². The zero-order valence-electron chi connectivity index (χ0n) is 36.5. The fourth-order valence-electron chi connectivity index (χ4n) is 8.77. The smallest absolute Gasteiger partial charge is 0.371 e. The van der Waals surface area contributed by atoms with E-state index in [4.69, 9.17) is 9.98 Å². The molecule has 0 unspecified atom stereocenters. The number of aromatic nitrogens is 3. The number of rotatable bonds is 9. The maximum absolute atomic E-state index is 14.2. The van der Waals surface area contributed by atoms with Crippen molar-refractivity contribution < 1.29 is 26.3 Å². The Kier molecular flexibility index (Phi) is 11.3. The minimum atomic E-state index is -5.21. The number of halogens is 6. The Morgan fingerprint density at radius 1 is 0.552 bits per heavy atom. The van der Waals surface area contributed by atoms with Crippen molar-refractivity contribution in [3.8, 4) is 0 Å². The monoisotopic (exact) mass is 914 g/mol. The van der Waals surface area contributed by atoms with Gasteiger partial charge in [-0.05, 0) is 136 Å². The van der Waals surface area contributed by atoms with Gasteiger partial charge in [0.05, 0.1) is 28.5 Å². The van der Waals surface area contributed by atoms with Crippen molar-refractivity contribution in [1.29, 1.82) is 0 Å². The van der Waals surface area contributed by atoms with Gasteiger partial charge in [0.1, 0.15) is 23.0 Å². The van der Waals surface area contributed by atoms with Crippen LogP contribution in [0.5, 0.6) is 0 Å². The van der Waals surface area contributed by atoms with Crippen LogP contribution in [0.3, 0.4) is 0 Å². The average molecular weight is 915 g/mol. The van der Waals surface area contributed by atoms with E-state index in [2.05, 4.69) is 45.4 Å². The van der Waals surface area contributed by atoms with Gasteiger partial charge >= 0.3 is 12.4 Å². The predicted octanol–water partition coefficient (Wildman–Crippen LogP) is 11.2. The molecule has 12 nitrogen and oxygen atoms in total. The van der Waals surface area contributed by atoms with E-state index in [9.17, 15) is 26.3 Å². The highest BCUT2D eigenvalue weighted by Gasteiger charge is 2.41. The van der Waals surface area contributed by atoms with Crippen LogP contribution in [0.2, 0.25) is 0 Å². The van der Waals surface area contributed by atoms with E-state index in [0.717, 1.165) is 87.2 Å². The Balaban J connectivity index is 1.16. The molecule has 8 heterocycles. The van der Waals surface area contributed by atoms with Crippen LogP contribution in [0.4, 0.5) is 60.7 Å². The number of piperidine rings is 2. The molecule has 0 atom stereocenters. The van der Waals surface area contributed by atoms with E-state index >= 15 is 0 Å². The van der Waals surface area contributed by atoms with Crippen LogP contribution in [0.15, 0.2) is 123 Å². The van der Waals surface area contributed by atoms with E-state index in [1.165, 1.54) is 4.90 Å². The van der Waals surface area contributed by atoms with Gasteiger partial charge in [0.2, 0.25) is 11.9 Å². The highest BCUT2D eigenvalue weighted by atomic mass is 19.4. The fraction of sp³-hybridized carbons (Fsp3) is 0.286. The van der Waals surface area contributed by atoms with Gasteiger partial charge in [-0.25, -0.2) is 29.8 Å². The van der Waals surface area contributed by atoms with Crippen LogP contribution < -0.4 is 20.4 Å². The number of guanidine groups is 2. The van der Waals surface area contributed by atoms with Crippen molar-refractivity contribution in [1.82, 2.24) is 19.9 Å². The van der Waals surface area contributed by atoms with E-state index in [1.54, 1.807) is 12.4 Å². The van der Waals surface area contributed by atoms with Crippen LogP contribution in [0.25, 0.3) is 5.70 Å². The molecule has 10 rings (SSSR count). The van der Waals surface area contributed by atoms with Crippen LogP contribution in [0.1, 0.15) is 77.7 Å². The van der Waals surface area contributed by atoms with Gasteiger partial charge in [-0.1, -0.05) is 12.1 Å². The van der Waals surface area contributed by atoms with Crippen molar-refractivity contribution in [2.24, 2.45) is 20.0 Å². The molecule has 5 aromatic rings. The van der Waals surface area contributed by atoms with Crippen molar-refractivity contribution in [2.45, 2.75) is 64.7 Å². The third kappa shape index (κ3) is 8.99. The third-order valence-corrected chi connectivity index (χ3v) is 12.3. The second-order valence-electron chi connectivity index (χ2n) is 17.0. The quantitative estimate of drug-likeness (QED) is 0.140.